The van der Waals surface area contributed by atoms with Gasteiger partial charge >= 0.3 is 5.97 Å². The normalized spacial score (nSPS) is 17.6. The van der Waals surface area contributed by atoms with Crippen molar-refractivity contribution in [3.63, 3.8) is 0 Å². The van der Waals surface area contributed by atoms with Crippen molar-refractivity contribution in [2.75, 3.05) is 13.7 Å². The third kappa shape index (κ3) is 2.32. The molecule has 2 heterocycles. The number of carbonyl (C=O) groups is 1. The van der Waals surface area contributed by atoms with Crippen molar-refractivity contribution >= 4 is 5.97 Å². The highest BCUT2D eigenvalue weighted by atomic mass is 16.5. The van der Waals surface area contributed by atoms with Crippen LogP contribution in [0.4, 0.5) is 0 Å². The molecular formula is C15H16N2O3. The number of rotatable bonds is 3. The Morgan fingerprint density at radius 2 is 2.25 bits per heavy atom. The van der Waals surface area contributed by atoms with Crippen molar-refractivity contribution in [2.45, 2.75) is 18.9 Å². The summed E-state index contributed by atoms with van der Waals surface area (Å²) in [6, 6.07) is 9.96. The van der Waals surface area contributed by atoms with E-state index >= 15 is 0 Å². The third-order valence-corrected chi connectivity index (χ3v) is 3.49. The highest BCUT2D eigenvalue weighted by Gasteiger charge is 2.27. The summed E-state index contributed by atoms with van der Waals surface area (Å²) in [5, 5.41) is 4.44. The number of aromatic nitrogens is 2. The van der Waals surface area contributed by atoms with E-state index in [0.717, 1.165) is 23.4 Å². The third-order valence-electron chi connectivity index (χ3n) is 3.49. The maximum atomic E-state index is 11.4. The van der Waals surface area contributed by atoms with Crippen LogP contribution in [0, 0.1) is 0 Å². The smallest absolute Gasteiger partial charge is 0.308 e. The van der Waals surface area contributed by atoms with Crippen LogP contribution in [0.3, 0.4) is 0 Å². The standard InChI is InChI=1S/C15H16N2O3/c1-19-15(18)9-14-12-10-16-17(13(12)7-8-20-14)11-5-3-2-4-6-11/h2-6,10,14H,7-9H2,1H3. The molecule has 1 aromatic heterocycles. The molecule has 0 spiro atoms. The quantitative estimate of drug-likeness (QED) is 0.802. The average Bonchev–Trinajstić information content (AvgIpc) is 2.93. The van der Waals surface area contributed by atoms with Crippen LogP contribution >= 0.6 is 0 Å². The second-order valence-electron chi connectivity index (χ2n) is 4.68. The van der Waals surface area contributed by atoms with Gasteiger partial charge in [0.1, 0.15) is 0 Å². The SMILES string of the molecule is COC(=O)CC1OCCc2c1cnn2-c1ccccc1. The highest BCUT2D eigenvalue weighted by molar-refractivity contribution is 5.70. The number of esters is 1. The van der Waals surface area contributed by atoms with Gasteiger partial charge < -0.3 is 9.47 Å². The number of hydrogen-bond acceptors (Lipinski definition) is 4. The first-order valence-corrected chi connectivity index (χ1v) is 6.60. The van der Waals surface area contributed by atoms with Crippen LogP contribution < -0.4 is 0 Å². The Kier molecular flexibility index (Phi) is 3.52. The van der Waals surface area contributed by atoms with Crippen molar-refractivity contribution in [2.24, 2.45) is 0 Å². The van der Waals surface area contributed by atoms with Gasteiger partial charge in [-0.25, -0.2) is 4.68 Å². The lowest BCUT2D eigenvalue weighted by molar-refractivity contribution is -0.144. The van der Waals surface area contributed by atoms with Gasteiger partial charge in [-0.15, -0.1) is 0 Å². The highest BCUT2D eigenvalue weighted by Crippen LogP contribution is 2.31. The minimum absolute atomic E-state index is 0.226. The van der Waals surface area contributed by atoms with E-state index in [1.807, 2.05) is 35.0 Å². The molecule has 0 N–H and O–H groups in total. The Hall–Kier alpha value is -2.14. The lowest BCUT2D eigenvalue weighted by atomic mass is 10.0. The fourth-order valence-corrected chi connectivity index (χ4v) is 2.49. The molecule has 0 amide bonds. The molecule has 0 fully saturated rings. The molecule has 1 aliphatic rings. The van der Waals surface area contributed by atoms with E-state index in [1.54, 1.807) is 6.20 Å². The monoisotopic (exact) mass is 272 g/mol. The summed E-state index contributed by atoms with van der Waals surface area (Å²) in [6.45, 7) is 0.590. The van der Waals surface area contributed by atoms with E-state index in [4.69, 9.17) is 9.47 Å². The molecule has 3 rings (SSSR count). The van der Waals surface area contributed by atoms with Gasteiger partial charge in [0.25, 0.3) is 0 Å². The van der Waals surface area contributed by atoms with E-state index in [-0.39, 0.29) is 18.5 Å². The van der Waals surface area contributed by atoms with Gasteiger partial charge in [-0.3, -0.25) is 4.79 Å². The van der Waals surface area contributed by atoms with Gasteiger partial charge in [-0.1, -0.05) is 18.2 Å². The van der Waals surface area contributed by atoms with Crippen molar-refractivity contribution in [1.29, 1.82) is 0 Å². The molecule has 0 radical (unpaired) electrons. The number of ether oxygens (including phenoxy) is 2. The second kappa shape index (κ2) is 5.46. The summed E-state index contributed by atoms with van der Waals surface area (Å²) < 4.78 is 12.3. The van der Waals surface area contributed by atoms with Gasteiger partial charge in [-0.2, -0.15) is 5.10 Å². The van der Waals surface area contributed by atoms with Crippen LogP contribution in [-0.4, -0.2) is 29.5 Å². The largest absolute Gasteiger partial charge is 0.469 e. The fraction of sp³-hybridized carbons (Fsp3) is 0.333. The Morgan fingerprint density at radius 1 is 1.45 bits per heavy atom. The predicted octanol–water partition coefficient (Wildman–Crippen LogP) is 2.05. The van der Waals surface area contributed by atoms with Crippen LogP contribution in [0.15, 0.2) is 36.5 Å². The fourth-order valence-electron chi connectivity index (χ4n) is 2.49. The molecule has 1 unspecified atom stereocenters. The zero-order chi connectivity index (χ0) is 13.9. The topological polar surface area (TPSA) is 53.4 Å². The lowest BCUT2D eigenvalue weighted by Crippen LogP contribution is -2.20. The van der Waals surface area contributed by atoms with Crippen molar-refractivity contribution in [3.8, 4) is 5.69 Å². The average molecular weight is 272 g/mol. The predicted molar refractivity (Wildman–Crippen MR) is 72.6 cm³/mol. The lowest BCUT2D eigenvalue weighted by Gasteiger charge is -2.23. The Morgan fingerprint density at radius 3 is 3.00 bits per heavy atom. The summed E-state index contributed by atoms with van der Waals surface area (Å²) >= 11 is 0. The van der Waals surface area contributed by atoms with E-state index < -0.39 is 0 Å². The van der Waals surface area contributed by atoms with Gasteiger partial charge in [-0.05, 0) is 12.1 Å². The Bertz CT molecular complexity index is 607. The van der Waals surface area contributed by atoms with Gasteiger partial charge in [0.2, 0.25) is 0 Å². The van der Waals surface area contributed by atoms with Crippen molar-refractivity contribution in [3.05, 3.63) is 47.8 Å². The van der Waals surface area contributed by atoms with Crippen molar-refractivity contribution in [1.82, 2.24) is 9.78 Å². The molecule has 1 aromatic carbocycles. The van der Waals surface area contributed by atoms with Crippen LogP contribution in [-0.2, 0) is 20.7 Å². The van der Waals surface area contributed by atoms with E-state index in [9.17, 15) is 4.79 Å². The second-order valence-corrected chi connectivity index (χ2v) is 4.68. The number of methoxy groups -OCH3 is 1. The summed E-state index contributed by atoms with van der Waals surface area (Å²) in [4.78, 5) is 11.4. The molecule has 0 saturated carbocycles. The molecule has 1 aliphatic heterocycles. The number of hydrogen-bond donors (Lipinski definition) is 0. The number of benzene rings is 1. The van der Waals surface area contributed by atoms with Crippen molar-refractivity contribution < 1.29 is 14.3 Å². The molecule has 0 bridgehead atoms. The van der Waals surface area contributed by atoms with Gasteiger partial charge in [0, 0.05) is 12.0 Å². The number of para-hydroxylation sites is 1. The van der Waals surface area contributed by atoms with Crippen LogP contribution in [0.25, 0.3) is 5.69 Å². The molecule has 2 aromatic rings. The number of fused-ring (bicyclic) bond motifs is 1. The maximum Gasteiger partial charge on any atom is 0.308 e. The summed E-state index contributed by atoms with van der Waals surface area (Å²) in [7, 11) is 1.39. The zero-order valence-electron chi connectivity index (χ0n) is 11.3. The molecular weight excluding hydrogens is 256 g/mol. The number of nitrogens with zero attached hydrogens (tertiary/aromatic N) is 2. The maximum absolute atomic E-state index is 11.4. The number of carbonyl (C=O) groups excluding carboxylic acids is 1. The van der Waals surface area contributed by atoms with Crippen LogP contribution in [0.5, 0.6) is 0 Å². The minimum atomic E-state index is -0.268. The Labute approximate surface area is 117 Å². The Balaban J connectivity index is 1.93. The first kappa shape index (κ1) is 12.9. The zero-order valence-corrected chi connectivity index (χ0v) is 11.3. The van der Waals surface area contributed by atoms with E-state index in [1.165, 1.54) is 7.11 Å². The van der Waals surface area contributed by atoms with Gasteiger partial charge in [0.15, 0.2) is 0 Å². The first-order chi connectivity index (χ1) is 9.79. The summed E-state index contributed by atoms with van der Waals surface area (Å²) in [5.41, 5.74) is 3.11. The minimum Gasteiger partial charge on any atom is -0.469 e. The molecule has 5 heteroatoms. The molecule has 0 aliphatic carbocycles. The molecule has 20 heavy (non-hydrogen) atoms. The van der Waals surface area contributed by atoms with Crippen LogP contribution in [0.2, 0.25) is 0 Å². The van der Waals surface area contributed by atoms with E-state index in [0.29, 0.717) is 6.61 Å². The van der Waals surface area contributed by atoms with E-state index in [2.05, 4.69) is 5.10 Å². The first-order valence-electron chi connectivity index (χ1n) is 6.60. The summed E-state index contributed by atoms with van der Waals surface area (Å²) in [6.07, 6.45) is 2.55. The molecule has 104 valence electrons. The molecule has 5 nitrogen and oxygen atoms in total. The summed E-state index contributed by atoms with van der Waals surface area (Å²) in [5.74, 6) is -0.268. The van der Waals surface area contributed by atoms with Gasteiger partial charge in [0.05, 0.1) is 43.8 Å². The molecule has 1 atom stereocenters. The van der Waals surface area contributed by atoms with Crippen LogP contribution in [0.1, 0.15) is 23.8 Å². The molecule has 0 saturated heterocycles.